The molecule has 4 aromatic rings. The minimum absolute atomic E-state index is 0.0182. The lowest BCUT2D eigenvalue weighted by molar-refractivity contribution is 0.188. The highest BCUT2D eigenvalue weighted by atomic mass is 16.3. The highest BCUT2D eigenvalue weighted by Gasteiger charge is 2.35. The standard InChI is InChI=1S/C21H23N5O/c1-14(2)26-18-6-4-3-5-16(18)24-21(26)20-19-17(22-13-23-19)7-9-25(20)11-15-8-10-27-12-15/h3-6,8,10,12-14,20H,7,9,11H2,1-2H3,(H,22,23)/t20-/m1/s1. The van der Waals surface area contributed by atoms with Gasteiger partial charge >= 0.3 is 0 Å². The highest BCUT2D eigenvalue weighted by Crippen LogP contribution is 2.36. The first-order valence-electron chi connectivity index (χ1n) is 9.46. The van der Waals surface area contributed by atoms with Crippen LogP contribution in [0.4, 0.5) is 0 Å². The van der Waals surface area contributed by atoms with Crippen LogP contribution < -0.4 is 0 Å². The Labute approximate surface area is 157 Å². The average molecular weight is 361 g/mol. The van der Waals surface area contributed by atoms with E-state index in [0.717, 1.165) is 36.5 Å². The zero-order valence-electron chi connectivity index (χ0n) is 15.6. The Morgan fingerprint density at radius 2 is 2.15 bits per heavy atom. The Balaban J connectivity index is 1.68. The number of aromatic nitrogens is 4. The number of fused-ring (bicyclic) bond motifs is 2. The number of hydrogen-bond acceptors (Lipinski definition) is 4. The summed E-state index contributed by atoms with van der Waals surface area (Å²) in [6.45, 7) is 6.19. The third-order valence-electron chi connectivity index (χ3n) is 5.37. The number of hydrogen-bond donors (Lipinski definition) is 1. The largest absolute Gasteiger partial charge is 0.472 e. The van der Waals surface area contributed by atoms with Gasteiger partial charge in [0.1, 0.15) is 11.9 Å². The predicted molar refractivity (Wildman–Crippen MR) is 103 cm³/mol. The normalized spacial score (nSPS) is 17.7. The molecule has 27 heavy (non-hydrogen) atoms. The first-order valence-corrected chi connectivity index (χ1v) is 9.46. The van der Waals surface area contributed by atoms with Crippen LogP contribution in [0, 0.1) is 0 Å². The van der Waals surface area contributed by atoms with Crippen molar-refractivity contribution in [1.29, 1.82) is 0 Å². The molecule has 0 aliphatic carbocycles. The minimum atomic E-state index is 0.0182. The van der Waals surface area contributed by atoms with Gasteiger partial charge in [0.05, 0.1) is 35.6 Å². The van der Waals surface area contributed by atoms with Crippen molar-refractivity contribution < 1.29 is 4.42 Å². The highest BCUT2D eigenvalue weighted by molar-refractivity contribution is 5.76. The van der Waals surface area contributed by atoms with Crippen LogP contribution in [0.2, 0.25) is 0 Å². The van der Waals surface area contributed by atoms with E-state index in [0.29, 0.717) is 6.04 Å². The lowest BCUT2D eigenvalue weighted by Crippen LogP contribution is -2.37. The van der Waals surface area contributed by atoms with E-state index >= 15 is 0 Å². The molecular formula is C21H23N5O. The van der Waals surface area contributed by atoms with Crippen LogP contribution in [0.5, 0.6) is 0 Å². The second kappa shape index (κ2) is 6.39. The fourth-order valence-corrected chi connectivity index (χ4v) is 4.20. The summed E-state index contributed by atoms with van der Waals surface area (Å²) in [5, 5.41) is 0. The monoisotopic (exact) mass is 361 g/mol. The summed E-state index contributed by atoms with van der Waals surface area (Å²) in [7, 11) is 0. The molecule has 0 fully saturated rings. The summed E-state index contributed by atoms with van der Waals surface area (Å²) in [6, 6.07) is 10.7. The average Bonchev–Trinajstić information content (AvgIpc) is 3.40. The molecule has 6 heteroatoms. The first-order chi connectivity index (χ1) is 13.2. The van der Waals surface area contributed by atoms with Crippen LogP contribution in [0.1, 0.15) is 48.7 Å². The summed E-state index contributed by atoms with van der Waals surface area (Å²) in [6.07, 6.45) is 6.33. The molecule has 0 amide bonds. The maximum absolute atomic E-state index is 5.29. The topological polar surface area (TPSA) is 62.9 Å². The van der Waals surface area contributed by atoms with Gasteiger partial charge in [-0.2, -0.15) is 0 Å². The summed E-state index contributed by atoms with van der Waals surface area (Å²) in [5.74, 6) is 1.06. The number of H-pyrrole nitrogens is 1. The number of furan rings is 1. The zero-order chi connectivity index (χ0) is 18.4. The van der Waals surface area contributed by atoms with E-state index in [-0.39, 0.29) is 6.04 Å². The van der Waals surface area contributed by atoms with Crippen LogP contribution >= 0.6 is 0 Å². The maximum Gasteiger partial charge on any atom is 0.133 e. The van der Waals surface area contributed by atoms with Crippen LogP contribution in [0.3, 0.4) is 0 Å². The van der Waals surface area contributed by atoms with E-state index in [2.05, 4.69) is 46.5 Å². The fraction of sp³-hybridized carbons (Fsp3) is 0.333. The number of aromatic amines is 1. The number of benzene rings is 1. The van der Waals surface area contributed by atoms with Gasteiger partial charge < -0.3 is 14.0 Å². The van der Waals surface area contributed by atoms with E-state index in [1.807, 2.05) is 18.4 Å². The number of nitrogens with one attached hydrogen (secondary N) is 1. The van der Waals surface area contributed by atoms with Gasteiger partial charge in [0, 0.05) is 36.8 Å². The Hall–Kier alpha value is -2.86. The van der Waals surface area contributed by atoms with Gasteiger partial charge in [0.25, 0.3) is 0 Å². The second-order valence-corrected chi connectivity index (χ2v) is 7.44. The summed E-state index contributed by atoms with van der Waals surface area (Å²) >= 11 is 0. The Kier molecular flexibility index (Phi) is 3.86. The van der Waals surface area contributed by atoms with Gasteiger partial charge in [-0.1, -0.05) is 12.1 Å². The molecule has 1 aliphatic rings. The smallest absolute Gasteiger partial charge is 0.133 e. The van der Waals surface area contributed by atoms with Crippen molar-refractivity contribution in [1.82, 2.24) is 24.4 Å². The van der Waals surface area contributed by atoms with Gasteiger partial charge in [-0.15, -0.1) is 0 Å². The van der Waals surface area contributed by atoms with Crippen LogP contribution in [-0.4, -0.2) is 31.0 Å². The molecule has 3 aromatic heterocycles. The Morgan fingerprint density at radius 1 is 1.26 bits per heavy atom. The van der Waals surface area contributed by atoms with E-state index < -0.39 is 0 Å². The molecule has 1 atom stereocenters. The maximum atomic E-state index is 5.29. The van der Waals surface area contributed by atoms with Gasteiger partial charge in [0.2, 0.25) is 0 Å². The fourth-order valence-electron chi connectivity index (χ4n) is 4.20. The molecule has 4 heterocycles. The lowest BCUT2D eigenvalue weighted by Gasteiger charge is -2.35. The van der Waals surface area contributed by atoms with Crippen LogP contribution in [-0.2, 0) is 13.0 Å². The van der Waals surface area contributed by atoms with Gasteiger partial charge in [-0.3, -0.25) is 4.90 Å². The first kappa shape index (κ1) is 16.3. The van der Waals surface area contributed by atoms with Gasteiger partial charge in [-0.25, -0.2) is 9.97 Å². The van der Waals surface area contributed by atoms with Crippen molar-refractivity contribution in [2.45, 2.75) is 38.9 Å². The van der Waals surface area contributed by atoms with Crippen molar-refractivity contribution in [2.24, 2.45) is 0 Å². The summed E-state index contributed by atoms with van der Waals surface area (Å²) < 4.78 is 7.65. The van der Waals surface area contributed by atoms with Crippen LogP contribution in [0.15, 0.2) is 53.6 Å². The molecule has 5 rings (SSSR count). The zero-order valence-corrected chi connectivity index (χ0v) is 15.6. The summed E-state index contributed by atoms with van der Waals surface area (Å²) in [5.41, 5.74) is 5.68. The third kappa shape index (κ3) is 2.68. The van der Waals surface area contributed by atoms with E-state index in [9.17, 15) is 0 Å². The number of rotatable bonds is 4. The molecule has 0 saturated carbocycles. The lowest BCUT2D eigenvalue weighted by atomic mass is 10.0. The van der Waals surface area contributed by atoms with E-state index in [4.69, 9.17) is 14.4 Å². The molecule has 0 radical (unpaired) electrons. The number of para-hydroxylation sites is 2. The van der Waals surface area contributed by atoms with E-state index in [1.165, 1.54) is 16.8 Å². The molecule has 0 saturated heterocycles. The molecule has 0 bridgehead atoms. The number of imidazole rings is 2. The molecule has 0 spiro atoms. The SMILES string of the molecule is CC(C)n1c([C@H]2c3nc[nH]c3CCN2Cc2ccoc2)nc2ccccc21. The quantitative estimate of drug-likeness (QED) is 0.595. The molecular weight excluding hydrogens is 338 g/mol. The van der Waals surface area contributed by atoms with Gasteiger partial charge in [0.15, 0.2) is 0 Å². The van der Waals surface area contributed by atoms with E-state index in [1.54, 1.807) is 12.6 Å². The number of nitrogens with zero attached hydrogens (tertiary/aromatic N) is 4. The van der Waals surface area contributed by atoms with Crippen molar-refractivity contribution in [2.75, 3.05) is 6.54 Å². The molecule has 0 unspecified atom stereocenters. The van der Waals surface area contributed by atoms with Gasteiger partial charge in [-0.05, 0) is 32.0 Å². The van der Waals surface area contributed by atoms with Crippen LogP contribution in [0.25, 0.3) is 11.0 Å². The summed E-state index contributed by atoms with van der Waals surface area (Å²) in [4.78, 5) is 15.5. The second-order valence-electron chi connectivity index (χ2n) is 7.44. The Bertz CT molecular complexity index is 1060. The minimum Gasteiger partial charge on any atom is -0.472 e. The predicted octanol–water partition coefficient (Wildman–Crippen LogP) is 4.08. The van der Waals surface area contributed by atoms with Crippen molar-refractivity contribution in [3.8, 4) is 0 Å². The Morgan fingerprint density at radius 3 is 2.96 bits per heavy atom. The molecule has 138 valence electrons. The molecule has 1 aromatic carbocycles. The molecule has 1 N–H and O–H groups in total. The van der Waals surface area contributed by atoms with Crippen molar-refractivity contribution in [3.05, 3.63) is 72.0 Å². The molecule has 6 nitrogen and oxygen atoms in total. The van der Waals surface area contributed by atoms with Crippen molar-refractivity contribution in [3.63, 3.8) is 0 Å². The third-order valence-corrected chi connectivity index (χ3v) is 5.37. The van der Waals surface area contributed by atoms with Crippen molar-refractivity contribution >= 4 is 11.0 Å². The molecule has 1 aliphatic heterocycles.